The van der Waals surface area contributed by atoms with E-state index in [4.69, 9.17) is 4.74 Å². The molecule has 0 radical (unpaired) electrons. The lowest BCUT2D eigenvalue weighted by atomic mass is 10.0. The average Bonchev–Trinajstić information content (AvgIpc) is 2.35. The molecule has 1 aliphatic rings. The van der Waals surface area contributed by atoms with E-state index in [1.54, 1.807) is 12.4 Å². The van der Waals surface area contributed by atoms with Gasteiger partial charge in [-0.15, -0.1) is 0 Å². The normalized spacial score (nSPS) is 16.9. The zero-order valence-electron chi connectivity index (χ0n) is 10.6. The van der Waals surface area contributed by atoms with Crippen molar-refractivity contribution in [1.82, 2.24) is 15.6 Å². The Labute approximate surface area is 107 Å². The van der Waals surface area contributed by atoms with Crippen molar-refractivity contribution >= 4 is 5.91 Å². The molecule has 2 rings (SSSR count). The molecule has 1 saturated heterocycles. The molecular formula is C13H19N3O2. The van der Waals surface area contributed by atoms with Gasteiger partial charge in [-0.1, -0.05) is 0 Å². The summed E-state index contributed by atoms with van der Waals surface area (Å²) in [6.07, 6.45) is 4.32. The highest BCUT2D eigenvalue weighted by molar-refractivity contribution is 5.77. The molecule has 0 bridgehead atoms. The van der Waals surface area contributed by atoms with E-state index in [-0.39, 0.29) is 18.1 Å². The van der Waals surface area contributed by atoms with E-state index in [1.807, 2.05) is 19.1 Å². The van der Waals surface area contributed by atoms with Crippen LogP contribution in [-0.4, -0.2) is 42.7 Å². The van der Waals surface area contributed by atoms with Gasteiger partial charge < -0.3 is 15.4 Å². The van der Waals surface area contributed by atoms with E-state index in [0.717, 1.165) is 19.5 Å². The third kappa shape index (κ3) is 3.78. The second-order valence-electron chi connectivity index (χ2n) is 4.80. The van der Waals surface area contributed by atoms with Crippen LogP contribution in [0.15, 0.2) is 24.5 Å². The van der Waals surface area contributed by atoms with Gasteiger partial charge in [0.1, 0.15) is 6.61 Å². The molecular weight excluding hydrogens is 230 g/mol. The lowest BCUT2D eigenvalue weighted by molar-refractivity contribution is -0.135. The maximum atomic E-state index is 11.6. The summed E-state index contributed by atoms with van der Waals surface area (Å²) in [6, 6.07) is 3.90. The number of hydrogen-bond donors (Lipinski definition) is 2. The van der Waals surface area contributed by atoms with Crippen molar-refractivity contribution < 1.29 is 9.53 Å². The SMILES string of the molecule is CC1(OCC(=O)NCCc2ccncc2)CNC1. The molecule has 5 heteroatoms. The highest BCUT2D eigenvalue weighted by atomic mass is 16.5. The molecule has 0 atom stereocenters. The fourth-order valence-corrected chi connectivity index (χ4v) is 1.77. The third-order valence-electron chi connectivity index (χ3n) is 3.03. The number of rotatable bonds is 6. The first-order valence-corrected chi connectivity index (χ1v) is 6.18. The van der Waals surface area contributed by atoms with Gasteiger partial charge in [0, 0.05) is 32.0 Å². The first-order valence-electron chi connectivity index (χ1n) is 6.18. The summed E-state index contributed by atoms with van der Waals surface area (Å²) in [4.78, 5) is 15.5. The lowest BCUT2D eigenvalue weighted by Gasteiger charge is -2.38. The van der Waals surface area contributed by atoms with Crippen LogP contribution in [0.4, 0.5) is 0 Å². The number of amides is 1. The second-order valence-corrected chi connectivity index (χ2v) is 4.80. The maximum Gasteiger partial charge on any atom is 0.246 e. The van der Waals surface area contributed by atoms with Crippen LogP contribution in [0, 0.1) is 0 Å². The fraction of sp³-hybridized carbons (Fsp3) is 0.538. The van der Waals surface area contributed by atoms with E-state index < -0.39 is 0 Å². The smallest absolute Gasteiger partial charge is 0.246 e. The van der Waals surface area contributed by atoms with E-state index in [2.05, 4.69) is 15.6 Å². The number of carbonyl (C=O) groups is 1. The average molecular weight is 249 g/mol. The first kappa shape index (κ1) is 13.0. The molecule has 0 saturated carbocycles. The number of carbonyl (C=O) groups excluding carboxylic acids is 1. The number of nitrogens with one attached hydrogen (secondary N) is 2. The number of ether oxygens (including phenoxy) is 1. The van der Waals surface area contributed by atoms with Gasteiger partial charge in [0.05, 0.1) is 5.60 Å². The lowest BCUT2D eigenvalue weighted by Crippen LogP contribution is -2.59. The monoisotopic (exact) mass is 249 g/mol. The Hall–Kier alpha value is -1.46. The van der Waals surface area contributed by atoms with Gasteiger partial charge in [-0.05, 0) is 31.0 Å². The van der Waals surface area contributed by atoms with Crippen LogP contribution >= 0.6 is 0 Å². The number of aromatic nitrogens is 1. The molecule has 1 amide bonds. The van der Waals surface area contributed by atoms with Crippen molar-refractivity contribution in [2.75, 3.05) is 26.2 Å². The van der Waals surface area contributed by atoms with Gasteiger partial charge >= 0.3 is 0 Å². The zero-order chi connectivity index (χ0) is 12.8. The van der Waals surface area contributed by atoms with Crippen molar-refractivity contribution in [1.29, 1.82) is 0 Å². The Kier molecular flexibility index (Phi) is 4.28. The maximum absolute atomic E-state index is 11.6. The summed E-state index contributed by atoms with van der Waals surface area (Å²) < 4.78 is 5.55. The molecule has 0 aromatic carbocycles. The molecule has 2 N–H and O–H groups in total. The summed E-state index contributed by atoms with van der Waals surface area (Å²) in [5, 5.41) is 5.97. The summed E-state index contributed by atoms with van der Waals surface area (Å²) in [7, 11) is 0. The van der Waals surface area contributed by atoms with Crippen LogP contribution in [0.1, 0.15) is 12.5 Å². The van der Waals surface area contributed by atoms with Crippen molar-refractivity contribution in [3.8, 4) is 0 Å². The Bertz CT molecular complexity index is 390. The molecule has 98 valence electrons. The largest absolute Gasteiger partial charge is 0.363 e. The number of pyridine rings is 1. The van der Waals surface area contributed by atoms with Gasteiger partial charge in [-0.2, -0.15) is 0 Å². The molecule has 18 heavy (non-hydrogen) atoms. The van der Waals surface area contributed by atoms with E-state index in [0.29, 0.717) is 6.54 Å². The summed E-state index contributed by atoms with van der Waals surface area (Å²) in [5.74, 6) is -0.0582. The molecule has 1 aromatic heterocycles. The van der Waals surface area contributed by atoms with Crippen molar-refractivity contribution in [3.63, 3.8) is 0 Å². The van der Waals surface area contributed by atoms with Crippen LogP contribution < -0.4 is 10.6 Å². The van der Waals surface area contributed by atoms with E-state index in [9.17, 15) is 4.79 Å². The molecule has 5 nitrogen and oxygen atoms in total. The van der Waals surface area contributed by atoms with Gasteiger partial charge in [0.15, 0.2) is 0 Å². The molecule has 1 aromatic rings. The molecule has 0 aliphatic carbocycles. The minimum absolute atomic E-state index is 0.0582. The predicted octanol–water partition coefficient (Wildman–Crippen LogP) is 0.119. The highest BCUT2D eigenvalue weighted by Crippen LogP contribution is 2.14. The van der Waals surface area contributed by atoms with Gasteiger partial charge in [-0.3, -0.25) is 9.78 Å². The molecule has 2 heterocycles. The quantitative estimate of drug-likeness (QED) is 0.751. The minimum Gasteiger partial charge on any atom is -0.363 e. The van der Waals surface area contributed by atoms with Crippen LogP contribution in [0.2, 0.25) is 0 Å². The van der Waals surface area contributed by atoms with Crippen LogP contribution in [0.5, 0.6) is 0 Å². The molecule has 1 fully saturated rings. The van der Waals surface area contributed by atoms with Crippen molar-refractivity contribution in [2.45, 2.75) is 18.9 Å². The summed E-state index contributed by atoms with van der Waals surface area (Å²) in [5.41, 5.74) is 1.00. The van der Waals surface area contributed by atoms with Gasteiger partial charge in [0.25, 0.3) is 0 Å². The van der Waals surface area contributed by atoms with E-state index >= 15 is 0 Å². The number of hydrogen-bond acceptors (Lipinski definition) is 4. The zero-order valence-corrected chi connectivity index (χ0v) is 10.6. The van der Waals surface area contributed by atoms with E-state index in [1.165, 1.54) is 5.56 Å². The third-order valence-corrected chi connectivity index (χ3v) is 3.03. The highest BCUT2D eigenvalue weighted by Gasteiger charge is 2.32. The van der Waals surface area contributed by atoms with Gasteiger partial charge in [0.2, 0.25) is 5.91 Å². The van der Waals surface area contributed by atoms with Crippen LogP contribution in [0.25, 0.3) is 0 Å². The summed E-state index contributed by atoms with van der Waals surface area (Å²) in [6.45, 7) is 4.40. The van der Waals surface area contributed by atoms with Crippen LogP contribution in [0.3, 0.4) is 0 Å². The molecule has 0 spiro atoms. The fourth-order valence-electron chi connectivity index (χ4n) is 1.77. The molecule has 0 unspecified atom stereocenters. The van der Waals surface area contributed by atoms with Crippen molar-refractivity contribution in [2.24, 2.45) is 0 Å². The second kappa shape index (κ2) is 5.93. The minimum atomic E-state index is -0.164. The standard InChI is InChI=1S/C13H19N3O2/c1-13(9-15-10-13)18-8-12(17)16-7-4-11-2-5-14-6-3-11/h2-3,5-6,15H,4,7-10H2,1H3,(H,16,17). The summed E-state index contributed by atoms with van der Waals surface area (Å²) >= 11 is 0. The topological polar surface area (TPSA) is 63.2 Å². The van der Waals surface area contributed by atoms with Gasteiger partial charge in [-0.25, -0.2) is 0 Å². The van der Waals surface area contributed by atoms with Crippen LogP contribution in [-0.2, 0) is 16.0 Å². The Morgan fingerprint density at radius 2 is 2.22 bits per heavy atom. The molecule has 1 aliphatic heterocycles. The Balaban J connectivity index is 1.60. The first-order chi connectivity index (χ1) is 8.68. The Morgan fingerprint density at radius 1 is 1.50 bits per heavy atom. The predicted molar refractivity (Wildman–Crippen MR) is 68.2 cm³/mol. The number of nitrogens with zero attached hydrogens (tertiary/aromatic N) is 1. The van der Waals surface area contributed by atoms with Crippen molar-refractivity contribution in [3.05, 3.63) is 30.1 Å². The Morgan fingerprint density at radius 3 is 2.83 bits per heavy atom.